The number of aliphatic imine (C=N–C) groups is 1. The van der Waals surface area contributed by atoms with Crippen LogP contribution in [0.5, 0.6) is 0 Å². The predicted molar refractivity (Wildman–Crippen MR) is 50.0 cm³/mol. The van der Waals surface area contributed by atoms with Crippen LogP contribution in [0, 0.1) is 0 Å². The van der Waals surface area contributed by atoms with Crippen LogP contribution in [0.2, 0.25) is 0 Å². The van der Waals surface area contributed by atoms with E-state index in [4.69, 9.17) is 5.73 Å². The molecule has 0 saturated heterocycles. The molecule has 0 spiro atoms. The summed E-state index contributed by atoms with van der Waals surface area (Å²) in [7, 11) is 0. The minimum atomic E-state index is -0.293. The smallest absolute Gasteiger partial charge is 0.286 e. The molecule has 0 fully saturated rings. The Bertz CT molecular complexity index is 185. The highest BCUT2D eigenvalue weighted by atomic mass is 16.2. The van der Waals surface area contributed by atoms with E-state index in [-0.39, 0.29) is 23.8 Å². The molecule has 0 saturated carbocycles. The van der Waals surface area contributed by atoms with Crippen LogP contribution in [0.1, 0.15) is 27.7 Å². The first-order chi connectivity index (χ1) is 5.43. The topological polar surface area (TPSA) is 67.5 Å². The Kier molecular flexibility index (Phi) is 4.33. The van der Waals surface area contributed by atoms with Gasteiger partial charge in [-0.25, -0.2) is 0 Å². The number of hydrogen-bond donors (Lipinski definition) is 2. The van der Waals surface area contributed by atoms with Crippen LogP contribution in [-0.4, -0.2) is 23.8 Å². The maximum absolute atomic E-state index is 11.1. The van der Waals surface area contributed by atoms with Crippen LogP contribution in [0.3, 0.4) is 0 Å². The van der Waals surface area contributed by atoms with Gasteiger partial charge in [0, 0.05) is 12.1 Å². The molecule has 70 valence electrons. The second kappa shape index (κ2) is 4.74. The van der Waals surface area contributed by atoms with Gasteiger partial charge in [-0.15, -0.1) is 0 Å². The van der Waals surface area contributed by atoms with Crippen molar-refractivity contribution in [1.82, 2.24) is 5.32 Å². The lowest BCUT2D eigenvalue weighted by Crippen LogP contribution is -2.40. The third kappa shape index (κ3) is 4.71. The van der Waals surface area contributed by atoms with E-state index in [1.165, 1.54) is 0 Å². The van der Waals surface area contributed by atoms with Crippen molar-refractivity contribution < 1.29 is 4.79 Å². The predicted octanol–water partition coefficient (Wildman–Crippen LogP) is 0.277. The molecule has 0 radical (unpaired) electrons. The van der Waals surface area contributed by atoms with Gasteiger partial charge in [-0.2, -0.15) is 0 Å². The fourth-order valence-corrected chi connectivity index (χ4v) is 0.673. The Morgan fingerprint density at radius 2 is 1.83 bits per heavy atom. The van der Waals surface area contributed by atoms with Gasteiger partial charge in [0.05, 0.1) is 0 Å². The molecule has 3 N–H and O–H groups in total. The highest BCUT2D eigenvalue weighted by molar-refractivity contribution is 6.37. The molecule has 0 aromatic rings. The summed E-state index contributed by atoms with van der Waals surface area (Å²) in [5, 5.41) is 2.65. The zero-order chi connectivity index (χ0) is 9.72. The largest absolute Gasteiger partial charge is 0.379 e. The van der Waals surface area contributed by atoms with Gasteiger partial charge >= 0.3 is 0 Å². The number of carbonyl (C=O) groups is 1. The Labute approximate surface area is 73.2 Å². The molecular weight excluding hydrogens is 154 g/mol. The molecule has 0 aromatic carbocycles. The molecule has 0 bridgehead atoms. The minimum Gasteiger partial charge on any atom is -0.379 e. The first-order valence-corrected chi connectivity index (χ1v) is 4.07. The summed E-state index contributed by atoms with van der Waals surface area (Å²) in [6, 6.07) is 0.154. The van der Waals surface area contributed by atoms with Gasteiger partial charge in [-0.1, -0.05) is 0 Å². The van der Waals surface area contributed by atoms with E-state index in [2.05, 4.69) is 10.3 Å². The average Bonchev–Trinajstić information content (AvgIpc) is 1.84. The Morgan fingerprint density at radius 3 is 2.17 bits per heavy atom. The Hall–Kier alpha value is -1.06. The molecule has 0 aliphatic heterocycles. The maximum Gasteiger partial charge on any atom is 0.286 e. The van der Waals surface area contributed by atoms with Gasteiger partial charge in [0.1, 0.15) is 0 Å². The van der Waals surface area contributed by atoms with Crippen molar-refractivity contribution in [2.45, 2.75) is 39.8 Å². The standard InChI is InChI=1S/C8H17N3O/c1-5(2)10-7(9)8(12)11-6(3)4/h5-6H,1-4H3,(H2,9,10)(H,11,12). The zero-order valence-electron chi connectivity index (χ0n) is 8.09. The van der Waals surface area contributed by atoms with Crippen molar-refractivity contribution >= 4 is 11.7 Å². The van der Waals surface area contributed by atoms with Crippen LogP contribution in [0.4, 0.5) is 0 Å². The van der Waals surface area contributed by atoms with Gasteiger partial charge in [-0.3, -0.25) is 9.79 Å². The van der Waals surface area contributed by atoms with Crippen molar-refractivity contribution in [2.24, 2.45) is 10.7 Å². The number of nitrogens with zero attached hydrogens (tertiary/aromatic N) is 1. The normalized spacial score (nSPS) is 12.3. The number of amides is 1. The van der Waals surface area contributed by atoms with Gasteiger partial charge < -0.3 is 11.1 Å². The molecule has 1 amide bonds. The van der Waals surface area contributed by atoms with E-state index >= 15 is 0 Å². The summed E-state index contributed by atoms with van der Waals surface area (Å²) in [5.74, 6) is -0.239. The minimum absolute atomic E-state index is 0.0544. The molecule has 0 aliphatic rings. The lowest BCUT2D eigenvalue weighted by atomic mass is 10.3. The number of nitrogens with two attached hydrogens (primary N) is 1. The molecule has 0 unspecified atom stereocenters. The second-order valence-corrected chi connectivity index (χ2v) is 3.24. The van der Waals surface area contributed by atoms with E-state index in [9.17, 15) is 4.79 Å². The van der Waals surface area contributed by atoms with Crippen molar-refractivity contribution in [1.29, 1.82) is 0 Å². The van der Waals surface area contributed by atoms with E-state index < -0.39 is 0 Å². The van der Waals surface area contributed by atoms with Crippen LogP contribution in [0.15, 0.2) is 4.99 Å². The lowest BCUT2D eigenvalue weighted by Gasteiger charge is -2.07. The van der Waals surface area contributed by atoms with Crippen molar-refractivity contribution in [3.8, 4) is 0 Å². The van der Waals surface area contributed by atoms with E-state index in [1.807, 2.05) is 27.7 Å². The first kappa shape index (κ1) is 10.9. The van der Waals surface area contributed by atoms with E-state index in [1.54, 1.807) is 0 Å². The number of nitrogens with one attached hydrogen (secondary N) is 1. The Morgan fingerprint density at radius 1 is 1.33 bits per heavy atom. The molecule has 0 atom stereocenters. The number of amidine groups is 1. The highest BCUT2D eigenvalue weighted by Crippen LogP contribution is 1.86. The number of rotatable bonds is 2. The van der Waals surface area contributed by atoms with Gasteiger partial charge in [0.2, 0.25) is 0 Å². The van der Waals surface area contributed by atoms with Gasteiger partial charge in [0.15, 0.2) is 5.84 Å². The van der Waals surface area contributed by atoms with Crippen molar-refractivity contribution in [3.05, 3.63) is 0 Å². The van der Waals surface area contributed by atoms with Gasteiger partial charge in [0.25, 0.3) is 5.91 Å². The summed E-state index contributed by atoms with van der Waals surface area (Å²) in [5.41, 5.74) is 5.40. The SMILES string of the molecule is CC(C)N=C(N)C(=O)NC(C)C. The monoisotopic (exact) mass is 171 g/mol. The lowest BCUT2D eigenvalue weighted by molar-refractivity contribution is -0.115. The third-order valence-corrected chi connectivity index (χ3v) is 1.05. The third-order valence-electron chi connectivity index (χ3n) is 1.05. The molecule has 12 heavy (non-hydrogen) atoms. The van der Waals surface area contributed by atoms with E-state index in [0.29, 0.717) is 0 Å². The average molecular weight is 171 g/mol. The van der Waals surface area contributed by atoms with Crippen molar-refractivity contribution in [3.63, 3.8) is 0 Å². The Balaban J connectivity index is 4.10. The molecule has 4 nitrogen and oxygen atoms in total. The summed E-state index contributed by atoms with van der Waals surface area (Å²) in [4.78, 5) is 15.0. The van der Waals surface area contributed by atoms with Crippen LogP contribution < -0.4 is 11.1 Å². The quantitative estimate of drug-likeness (QED) is 0.463. The molecule has 4 heteroatoms. The van der Waals surface area contributed by atoms with Crippen LogP contribution >= 0.6 is 0 Å². The number of carbonyl (C=O) groups excluding carboxylic acids is 1. The highest BCUT2D eigenvalue weighted by Gasteiger charge is 2.07. The van der Waals surface area contributed by atoms with Gasteiger partial charge in [-0.05, 0) is 27.7 Å². The first-order valence-electron chi connectivity index (χ1n) is 4.07. The second-order valence-electron chi connectivity index (χ2n) is 3.24. The maximum atomic E-state index is 11.1. The molecule has 0 rings (SSSR count). The molecule has 0 heterocycles. The van der Waals surface area contributed by atoms with Crippen LogP contribution in [0.25, 0.3) is 0 Å². The summed E-state index contributed by atoms with van der Waals surface area (Å²) >= 11 is 0. The van der Waals surface area contributed by atoms with E-state index in [0.717, 1.165) is 0 Å². The number of hydrogen-bond acceptors (Lipinski definition) is 2. The van der Waals surface area contributed by atoms with Crippen molar-refractivity contribution in [2.75, 3.05) is 0 Å². The fourth-order valence-electron chi connectivity index (χ4n) is 0.673. The molecule has 0 aliphatic carbocycles. The molecule has 0 aromatic heterocycles. The zero-order valence-corrected chi connectivity index (χ0v) is 8.09. The van der Waals surface area contributed by atoms with Crippen LogP contribution in [-0.2, 0) is 4.79 Å². The molecular formula is C8H17N3O. The summed E-state index contributed by atoms with van der Waals surface area (Å²) in [6.07, 6.45) is 0. The summed E-state index contributed by atoms with van der Waals surface area (Å²) in [6.45, 7) is 7.49. The summed E-state index contributed by atoms with van der Waals surface area (Å²) < 4.78 is 0. The fraction of sp³-hybridized carbons (Fsp3) is 0.750.